The molecular weight excluding hydrogens is 963 g/mol. The summed E-state index contributed by atoms with van der Waals surface area (Å²) in [6, 6.07) is 22.2. The maximum atomic E-state index is 12.2. The number of nitrogen functional groups attached to an aromatic ring is 1. The number of azo groups is 3. The van der Waals surface area contributed by atoms with Gasteiger partial charge in [0.05, 0.1) is 68.3 Å². The number of hydrogen-bond acceptors (Lipinski definition) is 23. The summed E-state index contributed by atoms with van der Waals surface area (Å²) in [5.74, 6) is -2.00. The van der Waals surface area contributed by atoms with Crippen molar-refractivity contribution in [2.45, 2.75) is 19.6 Å². The van der Waals surface area contributed by atoms with Gasteiger partial charge in [-0.25, -0.2) is 20.3 Å². The Morgan fingerprint density at radius 1 is 0.642 bits per heavy atom. The van der Waals surface area contributed by atoms with Gasteiger partial charge in [0, 0.05) is 31.8 Å². The van der Waals surface area contributed by atoms with Gasteiger partial charge < -0.3 is 15.9 Å². The van der Waals surface area contributed by atoms with Crippen LogP contribution >= 0.6 is 24.1 Å². The van der Waals surface area contributed by atoms with Crippen molar-refractivity contribution in [1.82, 2.24) is 9.97 Å². The molecule has 24 nitrogen and oxygen atoms in total. The van der Waals surface area contributed by atoms with Crippen molar-refractivity contribution < 1.29 is 70.2 Å². The summed E-state index contributed by atoms with van der Waals surface area (Å²) in [4.78, 5) is 20.0. The van der Waals surface area contributed by atoms with Crippen LogP contribution in [0.3, 0.4) is 0 Å². The monoisotopic (exact) mass is 987 g/mol. The highest BCUT2D eigenvalue weighted by Crippen LogP contribution is 2.46. The van der Waals surface area contributed by atoms with Crippen LogP contribution in [0, 0.1) is 0 Å². The predicted octanol–water partition coefficient (Wildman–Crippen LogP) is 10.7. The normalized spacial score (nSPS) is 12.5. The van der Waals surface area contributed by atoms with Crippen LogP contribution < -0.4 is 5.73 Å². The first-order valence-corrected chi connectivity index (χ1v) is 22.6. The zero-order valence-corrected chi connectivity index (χ0v) is 36.2. The van der Waals surface area contributed by atoms with Crippen molar-refractivity contribution >= 4 is 133 Å². The van der Waals surface area contributed by atoms with Crippen LogP contribution in [0.4, 0.5) is 39.8 Å². The SMILES string of the molecule is Nc1cc2c(O)c(N=Nc3ccc(N=Nc4ccc(N=Nc5cnc6ccc(SOOO)cc6c5)c5ccc(S(=O)(=O)O)cc45)c4ccc(C(=O)O)nc34)c(SOOO)cc2cc1S(=O)(=O)O. The number of aromatic carboxylic acids is 1. The van der Waals surface area contributed by atoms with Crippen molar-refractivity contribution in [1.29, 1.82) is 0 Å². The summed E-state index contributed by atoms with van der Waals surface area (Å²) < 4.78 is 76.8. The highest BCUT2D eigenvalue weighted by atomic mass is 32.2. The molecule has 0 fully saturated rings. The van der Waals surface area contributed by atoms with Gasteiger partial charge in [-0.1, -0.05) is 16.1 Å². The Labute approximate surface area is 382 Å². The van der Waals surface area contributed by atoms with Crippen LogP contribution in [-0.2, 0) is 39.0 Å². The fourth-order valence-electron chi connectivity index (χ4n) is 6.51. The number of carbonyl (C=O) groups is 1. The van der Waals surface area contributed by atoms with Crippen LogP contribution in [0.1, 0.15) is 10.5 Å². The summed E-state index contributed by atoms with van der Waals surface area (Å²) in [6.07, 6.45) is 1.48. The third kappa shape index (κ3) is 9.99. The Kier molecular flexibility index (Phi) is 13.1. The number of aromatic nitrogens is 2. The Hall–Kier alpha value is -7.19. The first-order valence-electron chi connectivity index (χ1n) is 18.2. The van der Waals surface area contributed by atoms with E-state index in [9.17, 15) is 40.9 Å². The van der Waals surface area contributed by atoms with Gasteiger partial charge in [0.25, 0.3) is 20.2 Å². The van der Waals surface area contributed by atoms with Crippen LogP contribution in [0.15, 0.2) is 154 Å². The quantitative estimate of drug-likeness (QED) is 0.0125. The lowest BCUT2D eigenvalue weighted by Crippen LogP contribution is -2.03. The van der Waals surface area contributed by atoms with E-state index in [1.54, 1.807) is 30.3 Å². The Morgan fingerprint density at radius 3 is 2.00 bits per heavy atom. The van der Waals surface area contributed by atoms with Gasteiger partial charge in [-0.15, -0.1) is 39.4 Å². The van der Waals surface area contributed by atoms with Gasteiger partial charge in [-0.05, 0) is 96.4 Å². The number of carboxylic acids is 1. The smallest absolute Gasteiger partial charge is 0.354 e. The van der Waals surface area contributed by atoms with E-state index in [2.05, 4.69) is 59.4 Å². The largest absolute Gasteiger partial charge is 0.505 e. The van der Waals surface area contributed by atoms with Crippen molar-refractivity contribution in [2.75, 3.05) is 5.73 Å². The first-order chi connectivity index (χ1) is 32.0. The van der Waals surface area contributed by atoms with Gasteiger partial charge in [0.2, 0.25) is 0 Å². The zero-order chi connectivity index (χ0) is 47.6. The van der Waals surface area contributed by atoms with E-state index in [-0.39, 0.29) is 60.4 Å². The second-order valence-corrected chi connectivity index (χ2v) is 17.9. The summed E-state index contributed by atoms with van der Waals surface area (Å²) in [7, 11) is -9.48. The number of pyridine rings is 2. The molecule has 8 N–H and O–H groups in total. The molecule has 8 aromatic rings. The first kappa shape index (κ1) is 46.3. The molecular formula is C39H25N9O15S4. The summed E-state index contributed by atoms with van der Waals surface area (Å²) in [5, 5.41) is 72.9. The Bertz CT molecular complexity index is 3660. The van der Waals surface area contributed by atoms with Crippen molar-refractivity contribution in [3.05, 3.63) is 109 Å². The number of anilines is 1. The lowest BCUT2D eigenvalue weighted by atomic mass is 10.1. The average molecular weight is 988 g/mol. The van der Waals surface area contributed by atoms with Gasteiger partial charge in [0.1, 0.15) is 33.2 Å². The van der Waals surface area contributed by atoms with Crippen molar-refractivity contribution in [3.63, 3.8) is 0 Å². The number of benzene rings is 6. The highest BCUT2D eigenvalue weighted by molar-refractivity contribution is 7.95. The molecule has 0 atom stereocenters. The number of hydrogen-bond donors (Lipinski definition) is 7. The van der Waals surface area contributed by atoms with E-state index in [1.807, 2.05) is 0 Å². The highest BCUT2D eigenvalue weighted by Gasteiger charge is 2.22. The van der Waals surface area contributed by atoms with Crippen LogP contribution in [0.5, 0.6) is 5.75 Å². The lowest BCUT2D eigenvalue weighted by molar-refractivity contribution is -0.432. The molecule has 0 aliphatic rings. The number of rotatable bonds is 15. The van der Waals surface area contributed by atoms with E-state index in [1.165, 1.54) is 60.8 Å². The molecule has 67 heavy (non-hydrogen) atoms. The molecule has 8 rings (SSSR count). The molecule has 0 bridgehead atoms. The molecule has 2 aromatic heterocycles. The van der Waals surface area contributed by atoms with E-state index in [0.29, 0.717) is 38.9 Å². The summed E-state index contributed by atoms with van der Waals surface area (Å²) in [5.41, 5.74) is 6.06. The standard InChI is InChI=1S/C39H25N9O15S4/c40-27-16-25-18(14-35(27)67(57,58)59)13-34(65-63-61-53)37(38(25)49)48-47-32-10-9-30(24-4-6-33(39(50)51)42-36(24)32)45-46-31-8-7-29(23-3-2-22(15-26(23)31)66(54,55)56)44-43-20-11-19-12-21(64-62-60-52)1-5-28(19)41-17-20/h1-17,49,52-53H,40H2,(H,50,51)(H,54,55,56)(H,57,58,59). The van der Waals surface area contributed by atoms with E-state index in [4.69, 9.17) is 16.2 Å². The maximum absolute atomic E-state index is 12.2. The minimum Gasteiger partial charge on any atom is -0.505 e. The van der Waals surface area contributed by atoms with Gasteiger partial charge in [-0.3, -0.25) is 14.1 Å². The van der Waals surface area contributed by atoms with Gasteiger partial charge in [-0.2, -0.15) is 16.8 Å². The van der Waals surface area contributed by atoms with Crippen LogP contribution in [-0.4, -0.2) is 62.6 Å². The Morgan fingerprint density at radius 2 is 1.30 bits per heavy atom. The summed E-state index contributed by atoms with van der Waals surface area (Å²) in [6.45, 7) is 0. The number of nitrogens with two attached hydrogens (primary N) is 1. The number of carboxylic acid groups (broad SMARTS) is 1. The maximum Gasteiger partial charge on any atom is 0.354 e. The summed E-state index contributed by atoms with van der Waals surface area (Å²) >= 11 is 1.09. The predicted molar refractivity (Wildman–Crippen MR) is 238 cm³/mol. The second-order valence-electron chi connectivity index (χ2n) is 13.5. The number of phenols is 1. The molecule has 340 valence electrons. The van der Waals surface area contributed by atoms with Crippen LogP contribution in [0.2, 0.25) is 0 Å². The average Bonchev–Trinajstić information content (AvgIpc) is 3.30. The van der Waals surface area contributed by atoms with E-state index in [0.717, 1.165) is 24.2 Å². The molecule has 2 heterocycles. The van der Waals surface area contributed by atoms with Crippen LogP contribution in [0.25, 0.3) is 43.4 Å². The zero-order valence-electron chi connectivity index (χ0n) is 33.0. The number of nitrogens with zero attached hydrogens (tertiary/aromatic N) is 8. The molecule has 0 amide bonds. The van der Waals surface area contributed by atoms with Crippen molar-refractivity contribution in [3.8, 4) is 5.75 Å². The molecule has 28 heteroatoms. The third-order valence-corrected chi connectivity index (χ3v) is 12.4. The van der Waals surface area contributed by atoms with E-state index < -0.39 is 53.1 Å². The molecule has 0 saturated carbocycles. The van der Waals surface area contributed by atoms with E-state index >= 15 is 0 Å². The molecule has 0 spiro atoms. The molecule has 6 aromatic carbocycles. The van der Waals surface area contributed by atoms with Gasteiger partial charge >= 0.3 is 5.97 Å². The minimum absolute atomic E-state index is 0.0349. The number of phenolic OH excluding ortho intramolecular Hbond substituents is 1. The topological polar surface area (TPSA) is 370 Å². The Balaban J connectivity index is 1.19. The lowest BCUT2D eigenvalue weighted by Gasteiger charge is -2.11. The number of aromatic hydroxyl groups is 1. The molecule has 0 radical (unpaired) electrons. The fraction of sp³-hybridized carbons (Fsp3) is 0. The molecule has 0 aliphatic carbocycles. The van der Waals surface area contributed by atoms with Gasteiger partial charge in [0.15, 0.2) is 5.75 Å². The number of fused-ring (bicyclic) bond motifs is 4. The molecule has 0 unspecified atom stereocenters. The second kappa shape index (κ2) is 19.0. The molecule has 0 aliphatic heterocycles. The molecule has 0 saturated heterocycles. The fourth-order valence-corrected chi connectivity index (χ4v) is 8.56. The van der Waals surface area contributed by atoms with Crippen molar-refractivity contribution in [2.24, 2.45) is 30.7 Å². The minimum atomic E-state index is -4.78. The third-order valence-electron chi connectivity index (χ3n) is 9.48.